The van der Waals surface area contributed by atoms with E-state index >= 15 is 0 Å². The third kappa shape index (κ3) is 3.33. The van der Waals surface area contributed by atoms with Gasteiger partial charge in [0.25, 0.3) is 0 Å². The second kappa shape index (κ2) is 7.30. The van der Waals surface area contributed by atoms with Gasteiger partial charge in [-0.25, -0.2) is 9.97 Å². The van der Waals surface area contributed by atoms with E-state index in [4.69, 9.17) is 15.1 Å². The first-order chi connectivity index (χ1) is 16.2. The zero-order valence-electron chi connectivity index (χ0n) is 19.0. The molecule has 172 valence electrons. The summed E-state index contributed by atoms with van der Waals surface area (Å²) in [5, 5.41) is 4.70. The number of hydrogen-bond acceptors (Lipinski definition) is 5. The van der Waals surface area contributed by atoms with Gasteiger partial charge in [0.15, 0.2) is 5.65 Å². The first kappa shape index (κ1) is 19.6. The number of rotatable bonds is 5. The molecular weight excluding hydrogens is 414 g/mol. The van der Waals surface area contributed by atoms with Crippen LogP contribution in [0, 0.1) is 5.92 Å². The highest BCUT2D eigenvalue weighted by atomic mass is 16.2. The van der Waals surface area contributed by atoms with Crippen LogP contribution in [0.2, 0.25) is 0 Å². The first-order valence-corrected chi connectivity index (χ1v) is 12.7. The standard InChI is InChI=1S/C25H31N7O/c33-23(30-11-1-2-12-30)18-4-3-13-31(15-18)21-8-7-20-22(28-21)29-24(27-20)25(9-10-25)32-16-19(14-26-32)17-5-6-17/h7-8,14,16-18H,1-6,9-13,15H2,(H,27,28,29)/t18-/m1/s1. The molecule has 0 spiro atoms. The Balaban J connectivity index is 1.13. The fourth-order valence-corrected chi connectivity index (χ4v) is 5.75. The number of fused-ring (bicyclic) bond motifs is 1. The van der Waals surface area contributed by atoms with Crippen molar-refractivity contribution < 1.29 is 4.79 Å². The van der Waals surface area contributed by atoms with Gasteiger partial charge in [0, 0.05) is 32.4 Å². The molecule has 4 fully saturated rings. The maximum Gasteiger partial charge on any atom is 0.227 e. The van der Waals surface area contributed by atoms with E-state index in [-0.39, 0.29) is 11.5 Å². The quantitative estimate of drug-likeness (QED) is 0.651. The Hall–Kier alpha value is -2.90. The third-order valence-corrected chi connectivity index (χ3v) is 8.09. The molecule has 2 aliphatic carbocycles. The first-order valence-electron chi connectivity index (χ1n) is 12.7. The monoisotopic (exact) mass is 445 g/mol. The second-order valence-corrected chi connectivity index (χ2v) is 10.5. The van der Waals surface area contributed by atoms with Crippen molar-refractivity contribution in [2.24, 2.45) is 5.92 Å². The zero-order valence-corrected chi connectivity index (χ0v) is 19.0. The molecule has 3 aromatic rings. The van der Waals surface area contributed by atoms with Crippen molar-refractivity contribution in [3.05, 3.63) is 35.9 Å². The summed E-state index contributed by atoms with van der Waals surface area (Å²) in [6.45, 7) is 3.56. The zero-order chi connectivity index (χ0) is 22.0. The van der Waals surface area contributed by atoms with Crippen LogP contribution in [0.1, 0.15) is 68.7 Å². The fourth-order valence-electron chi connectivity index (χ4n) is 5.75. The van der Waals surface area contributed by atoms with Crippen LogP contribution in [0.4, 0.5) is 5.82 Å². The maximum atomic E-state index is 12.9. The molecule has 33 heavy (non-hydrogen) atoms. The van der Waals surface area contributed by atoms with Gasteiger partial charge in [0.05, 0.1) is 12.1 Å². The van der Waals surface area contributed by atoms with Gasteiger partial charge in [0.1, 0.15) is 22.7 Å². The molecule has 2 aliphatic heterocycles. The Morgan fingerprint density at radius 3 is 2.67 bits per heavy atom. The van der Waals surface area contributed by atoms with Crippen LogP contribution in [0.5, 0.6) is 0 Å². The van der Waals surface area contributed by atoms with Crippen LogP contribution in [0.15, 0.2) is 24.5 Å². The summed E-state index contributed by atoms with van der Waals surface area (Å²) in [7, 11) is 0. The summed E-state index contributed by atoms with van der Waals surface area (Å²) in [5.74, 6) is 3.04. The molecular formula is C25H31N7O. The molecule has 4 aliphatic rings. The summed E-state index contributed by atoms with van der Waals surface area (Å²) in [6.07, 6.45) is 13.2. The Kier molecular flexibility index (Phi) is 4.33. The van der Waals surface area contributed by atoms with E-state index in [1.165, 1.54) is 18.4 Å². The van der Waals surface area contributed by atoms with Crippen molar-refractivity contribution >= 4 is 22.9 Å². The number of nitrogens with one attached hydrogen (secondary N) is 1. The van der Waals surface area contributed by atoms with Crippen LogP contribution >= 0.6 is 0 Å². The summed E-state index contributed by atoms with van der Waals surface area (Å²) < 4.78 is 2.12. The molecule has 3 aromatic heterocycles. The Morgan fingerprint density at radius 1 is 1.03 bits per heavy atom. The molecule has 0 aromatic carbocycles. The maximum absolute atomic E-state index is 12.9. The van der Waals surface area contributed by atoms with Crippen LogP contribution in [0.25, 0.3) is 11.2 Å². The van der Waals surface area contributed by atoms with Gasteiger partial charge in [0.2, 0.25) is 5.91 Å². The topological polar surface area (TPSA) is 82.9 Å². The van der Waals surface area contributed by atoms with Crippen LogP contribution in [-0.4, -0.2) is 61.7 Å². The van der Waals surface area contributed by atoms with Gasteiger partial charge in [-0.15, -0.1) is 0 Å². The highest BCUT2D eigenvalue weighted by Gasteiger charge is 2.50. The van der Waals surface area contributed by atoms with Gasteiger partial charge in [-0.1, -0.05) is 0 Å². The number of carbonyl (C=O) groups is 1. The molecule has 8 nitrogen and oxygen atoms in total. The molecule has 1 atom stereocenters. The number of aromatic amines is 1. The lowest BCUT2D eigenvalue weighted by molar-refractivity contribution is -0.134. The number of aromatic nitrogens is 5. The van der Waals surface area contributed by atoms with Crippen molar-refractivity contribution in [1.29, 1.82) is 0 Å². The van der Waals surface area contributed by atoms with Gasteiger partial charge in [-0.2, -0.15) is 5.10 Å². The number of imidazole rings is 1. The van der Waals surface area contributed by atoms with Gasteiger partial charge < -0.3 is 14.8 Å². The number of anilines is 1. The lowest BCUT2D eigenvalue weighted by atomic mass is 9.96. The van der Waals surface area contributed by atoms with Crippen molar-refractivity contribution in [3.63, 3.8) is 0 Å². The number of carbonyl (C=O) groups excluding carboxylic acids is 1. The van der Waals surface area contributed by atoms with Gasteiger partial charge in [-0.3, -0.25) is 9.48 Å². The normalized spacial score (nSPS) is 24.5. The summed E-state index contributed by atoms with van der Waals surface area (Å²) in [5.41, 5.74) is 2.94. The predicted molar refractivity (Wildman–Crippen MR) is 125 cm³/mol. The molecule has 0 bridgehead atoms. The van der Waals surface area contributed by atoms with Crippen LogP contribution in [0.3, 0.4) is 0 Å². The average molecular weight is 446 g/mol. The number of hydrogen-bond donors (Lipinski definition) is 1. The average Bonchev–Trinajstić information content (AvgIpc) is 3.67. The lowest BCUT2D eigenvalue weighted by Gasteiger charge is -2.34. The van der Waals surface area contributed by atoms with Crippen molar-refractivity contribution in [3.8, 4) is 0 Å². The molecule has 0 radical (unpaired) electrons. The minimum Gasteiger partial charge on any atom is -0.356 e. The number of likely N-dealkylation sites (tertiary alicyclic amines) is 1. The van der Waals surface area contributed by atoms with Crippen molar-refractivity contribution in [2.75, 3.05) is 31.1 Å². The number of amides is 1. The van der Waals surface area contributed by atoms with Gasteiger partial charge in [-0.05, 0) is 75.0 Å². The molecule has 1 N–H and O–H groups in total. The van der Waals surface area contributed by atoms with E-state index in [9.17, 15) is 4.79 Å². The van der Waals surface area contributed by atoms with E-state index in [0.717, 1.165) is 87.5 Å². The predicted octanol–water partition coefficient (Wildman–Crippen LogP) is 3.41. The van der Waals surface area contributed by atoms with E-state index in [0.29, 0.717) is 11.8 Å². The summed E-state index contributed by atoms with van der Waals surface area (Å²) in [4.78, 5) is 30.7. The number of nitrogens with zero attached hydrogens (tertiary/aromatic N) is 6. The highest BCUT2D eigenvalue weighted by molar-refractivity contribution is 5.80. The van der Waals surface area contributed by atoms with Crippen LogP contribution < -0.4 is 4.90 Å². The van der Waals surface area contributed by atoms with Gasteiger partial charge >= 0.3 is 0 Å². The van der Waals surface area contributed by atoms with E-state index in [2.05, 4.69) is 37.8 Å². The summed E-state index contributed by atoms with van der Waals surface area (Å²) >= 11 is 0. The Morgan fingerprint density at radius 2 is 1.88 bits per heavy atom. The smallest absolute Gasteiger partial charge is 0.227 e. The molecule has 0 unspecified atom stereocenters. The van der Waals surface area contributed by atoms with E-state index in [1.807, 2.05) is 6.20 Å². The van der Waals surface area contributed by atoms with Crippen molar-refractivity contribution in [2.45, 2.75) is 62.8 Å². The van der Waals surface area contributed by atoms with Crippen LogP contribution in [-0.2, 0) is 10.3 Å². The Bertz CT molecular complexity index is 1200. The minimum absolute atomic E-state index is 0.0851. The molecule has 2 saturated carbocycles. The third-order valence-electron chi connectivity index (χ3n) is 8.09. The second-order valence-electron chi connectivity index (χ2n) is 10.5. The summed E-state index contributed by atoms with van der Waals surface area (Å²) in [6, 6.07) is 4.13. The molecule has 5 heterocycles. The van der Waals surface area contributed by atoms with E-state index in [1.54, 1.807) is 0 Å². The van der Waals surface area contributed by atoms with E-state index < -0.39 is 0 Å². The molecule has 2 saturated heterocycles. The Labute approximate surface area is 193 Å². The largest absolute Gasteiger partial charge is 0.356 e. The molecule has 7 rings (SSSR count). The minimum atomic E-state index is -0.146. The fraction of sp³-hybridized carbons (Fsp3) is 0.600. The lowest BCUT2D eigenvalue weighted by Crippen LogP contribution is -2.44. The number of H-pyrrole nitrogens is 1. The molecule has 1 amide bonds. The highest BCUT2D eigenvalue weighted by Crippen LogP contribution is 2.49. The number of piperidine rings is 1. The van der Waals surface area contributed by atoms with Crippen molar-refractivity contribution in [1.82, 2.24) is 29.6 Å². The number of pyridine rings is 1. The SMILES string of the molecule is O=C([C@@H]1CCCN(c2ccc3nc(C4(n5cc(C6CC6)cn5)CC4)[nH]c3n2)C1)N1CCCC1. The molecule has 8 heteroatoms.